The second kappa shape index (κ2) is 20.2. The molecule has 0 amide bonds. The van der Waals surface area contributed by atoms with Crippen LogP contribution in [0.3, 0.4) is 0 Å². The van der Waals surface area contributed by atoms with Gasteiger partial charge in [0, 0.05) is 30.5 Å². The number of hydrogen-bond acceptors (Lipinski definition) is 3. The van der Waals surface area contributed by atoms with Crippen molar-refractivity contribution in [2.24, 2.45) is 5.92 Å². The first-order chi connectivity index (χ1) is 34.4. The van der Waals surface area contributed by atoms with Crippen molar-refractivity contribution in [2.75, 3.05) is 0 Å². The van der Waals surface area contributed by atoms with Gasteiger partial charge in [0.2, 0.25) is 0 Å². The zero-order valence-corrected chi connectivity index (χ0v) is 46.8. The molecule has 11 aromatic rings. The smallest absolute Gasteiger partial charge is 0 e. The van der Waals surface area contributed by atoms with Crippen molar-refractivity contribution in [2.45, 2.75) is 83.9 Å². The maximum Gasteiger partial charge on any atom is 0 e. The van der Waals surface area contributed by atoms with E-state index >= 15 is 0 Å². The molecule has 8 aromatic carbocycles. The average molecular weight is 1170 g/mol. The van der Waals surface area contributed by atoms with Gasteiger partial charge in [-0.05, 0) is 102 Å². The monoisotopic (exact) mass is 1170 g/mol. The molecule has 6 heteroatoms. The first-order valence-corrected chi connectivity index (χ1v) is 32.5. The number of thiophene rings is 1. The van der Waals surface area contributed by atoms with Crippen LogP contribution in [0.15, 0.2) is 158 Å². The van der Waals surface area contributed by atoms with Crippen LogP contribution in [0.5, 0.6) is 0 Å². The zero-order valence-electron chi connectivity index (χ0n) is 44.5. The van der Waals surface area contributed by atoms with Gasteiger partial charge in [-0.2, -0.15) is 11.3 Å². The Morgan fingerprint density at radius 3 is 2.09 bits per heavy atom. The largest absolute Gasteiger partial charge is 0 e. The summed E-state index contributed by atoms with van der Waals surface area (Å²) in [5.74, 6) is 9.31. The molecule has 1 radical (unpaired) electrons. The molecule has 0 fully saturated rings. The van der Waals surface area contributed by atoms with E-state index in [4.69, 9.17) is 9.10 Å². The van der Waals surface area contributed by atoms with Crippen LogP contribution in [0.1, 0.15) is 79.7 Å². The number of aryl methyl sites for hydroxylation is 1. The van der Waals surface area contributed by atoms with Gasteiger partial charge in [0.15, 0.2) is 0 Å². The topological polar surface area (TPSA) is 30.7 Å². The van der Waals surface area contributed by atoms with Crippen molar-refractivity contribution < 1.29 is 24.2 Å². The molecule has 0 aliphatic carbocycles. The number of pyridine rings is 1. The summed E-state index contributed by atoms with van der Waals surface area (Å²) in [5.41, 5.74) is 13.0. The molecule has 0 aliphatic rings. The van der Waals surface area contributed by atoms with E-state index in [2.05, 4.69) is 214 Å². The molecule has 0 aliphatic heterocycles. The molecule has 0 bridgehead atoms. The standard InChI is InChI=1S/C45H35N2S.C19H26GeN.Ir/c1-27(2)36-24-32(29-13-6-5-7-14-29)25-37(28(3)4)43(36)47-41-20-11-10-19-40(41)46-45(47)35-18-12-17-34-39-23-31-22-21-30-15-8-9-16-33(30)38(31)26-42(39)48-44(34)35;1-14(2)11-17-12-19(16-9-7-15(3)8-10-16)21-13-18(17)20(4,5)6;/h5-17,19-28H,1-4H3;7-9,12-14H,11H2,1-6H3;/q2*-1;/i;3D3;. The van der Waals surface area contributed by atoms with Crippen LogP contribution in [0, 0.1) is 24.9 Å². The van der Waals surface area contributed by atoms with Crippen molar-refractivity contribution in [1.29, 1.82) is 0 Å². The number of nitrogens with zero attached hydrogens (tertiary/aromatic N) is 3. The SMILES string of the molecule is CC(C)c1cc(-c2ccccc2)cc(C(C)C)c1-n1c(-c2[c-]ccc3c2sc2cc4c(ccc5ccccc54)cc23)nc2ccccc21.[2H]C([2H])([2H])c1c[c-]c(-c2cc(CC(C)C)[c]([Ge]([CH3])([CH3])[CH3])cn2)cc1.[Ir]. The quantitative estimate of drug-likeness (QED) is 0.0819. The summed E-state index contributed by atoms with van der Waals surface area (Å²) in [6.45, 7) is 11.6. The van der Waals surface area contributed by atoms with Gasteiger partial charge in [-0.15, -0.1) is 18.2 Å². The van der Waals surface area contributed by atoms with Gasteiger partial charge in [-0.3, -0.25) is 4.98 Å². The van der Waals surface area contributed by atoms with Gasteiger partial charge in [0.1, 0.15) is 0 Å². The second-order valence-electron chi connectivity index (χ2n) is 20.6. The molecule has 0 N–H and O–H groups in total. The number of hydrogen-bond donors (Lipinski definition) is 0. The number of rotatable bonds is 9. The third-order valence-electron chi connectivity index (χ3n) is 13.3. The van der Waals surface area contributed by atoms with Crippen molar-refractivity contribution >= 4 is 81.7 Å². The molecular formula is C64H61GeIrN3S-2. The van der Waals surface area contributed by atoms with Crippen LogP contribution in [0.2, 0.25) is 17.3 Å². The Morgan fingerprint density at radius 2 is 1.39 bits per heavy atom. The Hall–Kier alpha value is -5.69. The van der Waals surface area contributed by atoms with Gasteiger partial charge >= 0.3 is 136 Å². The number of benzene rings is 8. The molecule has 11 rings (SSSR count). The van der Waals surface area contributed by atoms with Crippen molar-refractivity contribution in [3.05, 3.63) is 192 Å². The molecule has 0 saturated heterocycles. The van der Waals surface area contributed by atoms with Gasteiger partial charge < -0.3 is 4.57 Å². The molecule has 3 heterocycles. The molecule has 353 valence electrons. The van der Waals surface area contributed by atoms with Crippen molar-refractivity contribution in [3.63, 3.8) is 0 Å². The van der Waals surface area contributed by atoms with E-state index in [-0.39, 0.29) is 20.1 Å². The molecule has 0 unspecified atom stereocenters. The van der Waals surface area contributed by atoms with E-state index in [0.29, 0.717) is 23.3 Å². The molecule has 3 aromatic heterocycles. The summed E-state index contributed by atoms with van der Waals surface area (Å²) in [5, 5.41) is 7.67. The minimum atomic E-state index is -2.09. The number of fused-ring (bicyclic) bond motifs is 7. The fourth-order valence-corrected chi connectivity index (χ4v) is 14.5. The zero-order chi connectivity index (χ0) is 50.6. The van der Waals surface area contributed by atoms with Crippen LogP contribution in [0.25, 0.3) is 92.2 Å². The van der Waals surface area contributed by atoms with Crippen molar-refractivity contribution in [1.82, 2.24) is 14.5 Å². The molecular weight excluding hydrogens is 1110 g/mol. The molecule has 3 nitrogen and oxygen atoms in total. The first-order valence-electron chi connectivity index (χ1n) is 25.9. The van der Waals surface area contributed by atoms with Gasteiger partial charge in [0.25, 0.3) is 0 Å². The molecule has 70 heavy (non-hydrogen) atoms. The predicted octanol–water partition coefficient (Wildman–Crippen LogP) is 17.7. The second-order valence-corrected chi connectivity index (χ2v) is 32.2. The minimum Gasteiger partial charge on any atom is 0 e. The van der Waals surface area contributed by atoms with Gasteiger partial charge in [-0.25, -0.2) is 0 Å². The Balaban J connectivity index is 0.000000223. The Kier molecular flexibility index (Phi) is 13.1. The number of para-hydroxylation sites is 2. The normalized spacial score (nSPS) is 12.7. The average Bonchev–Trinajstić information content (AvgIpc) is 3.93. The number of imidazole rings is 1. The fraction of sp³-hybridized carbons (Fsp3) is 0.219. The minimum absolute atomic E-state index is 0. The van der Waals surface area contributed by atoms with E-state index in [0.717, 1.165) is 40.1 Å². The van der Waals surface area contributed by atoms with Gasteiger partial charge in [0.05, 0.1) is 16.9 Å². The maximum atomic E-state index is 7.46. The molecule has 0 atom stereocenters. The number of aromatic nitrogens is 3. The van der Waals surface area contributed by atoms with E-state index in [9.17, 15) is 0 Å². The van der Waals surface area contributed by atoms with Crippen LogP contribution in [-0.4, -0.2) is 27.8 Å². The van der Waals surface area contributed by atoms with E-state index < -0.39 is 20.1 Å². The summed E-state index contributed by atoms with van der Waals surface area (Å²) in [7, 11) is 0. The third kappa shape index (κ3) is 9.59. The maximum absolute atomic E-state index is 7.46. The summed E-state index contributed by atoms with van der Waals surface area (Å²) in [4.78, 5) is 10.0. The van der Waals surface area contributed by atoms with E-state index in [1.807, 2.05) is 17.5 Å². The van der Waals surface area contributed by atoms with Crippen LogP contribution in [0.4, 0.5) is 0 Å². The summed E-state index contributed by atoms with van der Waals surface area (Å²) >= 11 is -0.117. The van der Waals surface area contributed by atoms with Crippen LogP contribution >= 0.6 is 11.3 Å². The summed E-state index contributed by atoms with van der Waals surface area (Å²) < 4.78 is 28.8. The van der Waals surface area contributed by atoms with Crippen LogP contribution < -0.4 is 4.40 Å². The summed E-state index contributed by atoms with van der Waals surface area (Å²) in [6.07, 6.45) is 3.08. The fourth-order valence-electron chi connectivity index (χ4n) is 9.96. The Morgan fingerprint density at radius 1 is 0.671 bits per heavy atom. The van der Waals surface area contributed by atoms with Gasteiger partial charge in [-0.1, -0.05) is 118 Å². The van der Waals surface area contributed by atoms with Crippen molar-refractivity contribution in [3.8, 4) is 39.5 Å². The molecule has 0 saturated carbocycles. The molecule has 0 spiro atoms. The Labute approximate surface area is 439 Å². The van der Waals surface area contributed by atoms with E-state index in [1.165, 1.54) is 79.6 Å². The van der Waals surface area contributed by atoms with E-state index in [1.54, 1.807) is 18.2 Å². The third-order valence-corrected chi connectivity index (χ3v) is 18.9. The first kappa shape index (κ1) is 45.5. The Bertz CT molecular complexity index is 3760. The summed E-state index contributed by atoms with van der Waals surface area (Å²) in [6, 6.07) is 60.4. The van der Waals surface area contributed by atoms with Crippen LogP contribution in [-0.2, 0) is 26.5 Å². The predicted molar refractivity (Wildman–Crippen MR) is 302 cm³/mol.